The van der Waals surface area contributed by atoms with Crippen molar-refractivity contribution in [3.8, 4) is 0 Å². The highest BCUT2D eigenvalue weighted by molar-refractivity contribution is 7.91. The molecular formula is C13H6Cl4N2O3S2. The summed E-state index contributed by atoms with van der Waals surface area (Å²) in [6, 6.07) is 4.11. The first-order valence-electron chi connectivity index (χ1n) is 6.27. The molecule has 3 rings (SSSR count). The van der Waals surface area contributed by atoms with Gasteiger partial charge < -0.3 is 5.32 Å². The molecule has 24 heavy (non-hydrogen) atoms. The number of amides is 1. The number of thiocarbonyl (C=S) groups is 1. The summed E-state index contributed by atoms with van der Waals surface area (Å²) >= 11 is 29.2. The molecule has 126 valence electrons. The lowest BCUT2D eigenvalue weighted by molar-refractivity contribution is -0.118. The van der Waals surface area contributed by atoms with Crippen LogP contribution in [0.5, 0.6) is 0 Å². The summed E-state index contributed by atoms with van der Waals surface area (Å²) in [5, 5.41) is 3.22. The van der Waals surface area contributed by atoms with Gasteiger partial charge in [-0.1, -0.05) is 52.5 Å². The van der Waals surface area contributed by atoms with E-state index in [1.807, 2.05) is 0 Å². The maximum Gasteiger partial charge on any atom is 0.266 e. The van der Waals surface area contributed by atoms with E-state index in [4.69, 9.17) is 58.6 Å². The Bertz CT molecular complexity index is 1020. The lowest BCUT2D eigenvalue weighted by atomic mass is 10.1. The molecule has 1 amide bonds. The Morgan fingerprint density at radius 2 is 1.58 bits per heavy atom. The summed E-state index contributed by atoms with van der Waals surface area (Å²) in [5.74, 6) is -0.500. The zero-order valence-electron chi connectivity index (χ0n) is 11.4. The smallest absolute Gasteiger partial charge is 0.266 e. The number of nitrogens with zero attached hydrogens (tertiary/aromatic N) is 1. The molecule has 1 aliphatic heterocycles. The molecule has 0 spiro atoms. The van der Waals surface area contributed by atoms with Gasteiger partial charge in [0.15, 0.2) is 5.11 Å². The number of halogens is 4. The van der Waals surface area contributed by atoms with Crippen LogP contribution in [0, 0.1) is 0 Å². The van der Waals surface area contributed by atoms with E-state index < -0.39 is 15.9 Å². The quantitative estimate of drug-likeness (QED) is 0.434. The van der Waals surface area contributed by atoms with Crippen molar-refractivity contribution in [2.45, 2.75) is 4.90 Å². The van der Waals surface area contributed by atoms with Crippen molar-refractivity contribution in [2.24, 2.45) is 0 Å². The van der Waals surface area contributed by atoms with Gasteiger partial charge >= 0.3 is 0 Å². The molecule has 1 N–H and O–H groups in total. The number of hydrogen-bond donors (Lipinski definition) is 1. The van der Waals surface area contributed by atoms with Gasteiger partial charge in [0.1, 0.15) is 6.54 Å². The molecule has 0 radical (unpaired) electrons. The molecule has 5 nitrogen and oxygen atoms in total. The number of carbonyl (C=O) groups excluding carboxylic acids is 1. The van der Waals surface area contributed by atoms with Crippen LogP contribution >= 0.6 is 58.6 Å². The van der Waals surface area contributed by atoms with Crippen LogP contribution in [0.1, 0.15) is 0 Å². The molecule has 0 aliphatic carbocycles. The first-order chi connectivity index (χ1) is 11.1. The number of carbonyl (C=O) groups is 1. The third kappa shape index (κ3) is 2.73. The summed E-state index contributed by atoms with van der Waals surface area (Å²) in [6.45, 7) is -0.380. The van der Waals surface area contributed by atoms with Gasteiger partial charge in [-0.25, -0.2) is 12.7 Å². The van der Waals surface area contributed by atoms with Gasteiger partial charge in [0.2, 0.25) is 5.91 Å². The normalized spacial score (nSPS) is 15.2. The lowest BCUT2D eigenvalue weighted by Gasteiger charge is -2.17. The van der Waals surface area contributed by atoms with Gasteiger partial charge in [-0.05, 0) is 24.4 Å². The van der Waals surface area contributed by atoms with Crippen LogP contribution in [0.2, 0.25) is 20.1 Å². The second-order valence-corrected chi connectivity index (χ2v) is 8.59. The number of rotatable bonds is 2. The number of benzene rings is 2. The molecule has 0 saturated carbocycles. The predicted octanol–water partition coefficient (Wildman–Crippen LogP) is 3.86. The van der Waals surface area contributed by atoms with Crippen molar-refractivity contribution in [3.63, 3.8) is 0 Å². The maximum atomic E-state index is 12.7. The molecule has 0 atom stereocenters. The monoisotopic (exact) mass is 442 g/mol. The lowest BCUT2D eigenvalue weighted by Crippen LogP contribution is -2.34. The van der Waals surface area contributed by atoms with Gasteiger partial charge in [0, 0.05) is 10.8 Å². The van der Waals surface area contributed by atoms with E-state index in [9.17, 15) is 13.2 Å². The molecule has 1 heterocycles. The third-order valence-corrected chi connectivity index (χ3v) is 7.40. The van der Waals surface area contributed by atoms with E-state index >= 15 is 0 Å². The molecule has 1 fully saturated rings. The van der Waals surface area contributed by atoms with E-state index in [1.165, 1.54) is 18.2 Å². The van der Waals surface area contributed by atoms with E-state index in [2.05, 4.69) is 5.32 Å². The predicted molar refractivity (Wildman–Crippen MR) is 98.6 cm³/mol. The fourth-order valence-corrected chi connectivity index (χ4v) is 5.02. The van der Waals surface area contributed by atoms with Gasteiger partial charge in [-0.3, -0.25) is 4.79 Å². The molecule has 11 heteroatoms. The molecular weight excluding hydrogens is 438 g/mol. The van der Waals surface area contributed by atoms with Crippen molar-refractivity contribution in [2.75, 3.05) is 6.54 Å². The minimum Gasteiger partial charge on any atom is -0.301 e. The standard InChI is InChI=1S/C13H6Cl4N2O3S2/c14-9-6-2-1-5(3-7(6)10(15)12(17)11(9)16)24(21,22)19-4-8(20)18-13(19)23/h1-3H,4H2,(H,18,20,23). The second kappa shape index (κ2) is 6.16. The molecule has 1 saturated heterocycles. The van der Waals surface area contributed by atoms with Crippen molar-refractivity contribution in [1.82, 2.24) is 9.62 Å². The zero-order chi connectivity index (χ0) is 17.8. The zero-order valence-corrected chi connectivity index (χ0v) is 16.1. The fraction of sp³-hybridized carbons (Fsp3) is 0.0769. The van der Waals surface area contributed by atoms with Crippen LogP contribution in [0.3, 0.4) is 0 Å². The SMILES string of the molecule is O=C1CN(S(=O)(=O)c2ccc3c(Cl)c(Cl)c(Cl)c(Cl)c3c2)C(=S)N1. The van der Waals surface area contributed by atoms with Gasteiger partial charge in [-0.2, -0.15) is 0 Å². The maximum absolute atomic E-state index is 12.7. The van der Waals surface area contributed by atoms with Crippen LogP contribution < -0.4 is 5.32 Å². The number of fused-ring (bicyclic) bond motifs is 1. The van der Waals surface area contributed by atoms with Crippen LogP contribution in [0.15, 0.2) is 23.1 Å². The van der Waals surface area contributed by atoms with E-state index in [0.717, 1.165) is 4.31 Å². The fourth-order valence-electron chi connectivity index (χ4n) is 2.23. The van der Waals surface area contributed by atoms with Crippen LogP contribution in [0.4, 0.5) is 0 Å². The number of sulfonamides is 1. The number of nitrogens with one attached hydrogen (secondary N) is 1. The Labute approximate surface area is 162 Å². The largest absolute Gasteiger partial charge is 0.301 e. The Kier molecular flexibility index (Phi) is 4.61. The Morgan fingerprint density at radius 1 is 1.00 bits per heavy atom. The topological polar surface area (TPSA) is 66.5 Å². The average molecular weight is 444 g/mol. The van der Waals surface area contributed by atoms with Gasteiger partial charge in [0.05, 0.1) is 25.0 Å². The van der Waals surface area contributed by atoms with Crippen LogP contribution in [0.25, 0.3) is 10.8 Å². The average Bonchev–Trinajstić information content (AvgIpc) is 2.89. The van der Waals surface area contributed by atoms with E-state index in [-0.39, 0.29) is 36.6 Å². The van der Waals surface area contributed by atoms with E-state index in [0.29, 0.717) is 10.8 Å². The molecule has 0 bridgehead atoms. The van der Waals surface area contributed by atoms with Crippen molar-refractivity contribution < 1.29 is 13.2 Å². The minimum atomic E-state index is -4.03. The summed E-state index contributed by atoms with van der Waals surface area (Å²) in [5.41, 5.74) is 0. The summed E-state index contributed by atoms with van der Waals surface area (Å²) in [6.07, 6.45) is 0. The van der Waals surface area contributed by atoms with Crippen molar-refractivity contribution >= 4 is 90.4 Å². The van der Waals surface area contributed by atoms with Crippen LogP contribution in [-0.4, -0.2) is 30.3 Å². The molecule has 2 aromatic carbocycles. The Morgan fingerprint density at radius 3 is 2.12 bits per heavy atom. The highest BCUT2D eigenvalue weighted by Gasteiger charge is 2.35. The first-order valence-corrected chi connectivity index (χ1v) is 9.63. The Hall–Kier alpha value is -0.830. The number of hydrogen-bond acceptors (Lipinski definition) is 4. The third-order valence-electron chi connectivity index (χ3n) is 3.39. The molecule has 1 aliphatic rings. The first kappa shape index (κ1) is 18.0. The van der Waals surface area contributed by atoms with E-state index in [1.54, 1.807) is 0 Å². The van der Waals surface area contributed by atoms with Crippen molar-refractivity contribution in [3.05, 3.63) is 38.3 Å². The summed E-state index contributed by atoms with van der Waals surface area (Å²) in [7, 11) is -4.03. The van der Waals surface area contributed by atoms with Crippen molar-refractivity contribution in [1.29, 1.82) is 0 Å². The van der Waals surface area contributed by atoms with Gasteiger partial charge in [0.25, 0.3) is 10.0 Å². The highest BCUT2D eigenvalue weighted by Crippen LogP contribution is 2.43. The molecule has 0 aromatic heterocycles. The van der Waals surface area contributed by atoms with Crippen LogP contribution in [-0.2, 0) is 14.8 Å². The Balaban J connectivity index is 2.22. The van der Waals surface area contributed by atoms with Gasteiger partial charge in [-0.15, -0.1) is 0 Å². The highest BCUT2D eigenvalue weighted by atomic mass is 35.5. The minimum absolute atomic E-state index is 0.0268. The molecule has 2 aromatic rings. The second-order valence-electron chi connectivity index (χ2n) is 4.83. The molecule has 0 unspecified atom stereocenters. The summed E-state index contributed by atoms with van der Waals surface area (Å²) < 4.78 is 26.2. The summed E-state index contributed by atoms with van der Waals surface area (Å²) in [4.78, 5) is 11.3.